The standard InChI is InChI=1S/C8H11ClO2/c1-3-4-5-6(2)7(9)8(10)11/h3H,1,4-5H2,2H3,(H,10,11)/b7-6+. The fourth-order valence-corrected chi connectivity index (χ4v) is 0.705. The highest BCUT2D eigenvalue weighted by atomic mass is 35.5. The summed E-state index contributed by atoms with van der Waals surface area (Å²) < 4.78 is 0. The van der Waals surface area contributed by atoms with E-state index in [0.717, 1.165) is 6.42 Å². The summed E-state index contributed by atoms with van der Waals surface area (Å²) in [7, 11) is 0. The number of aliphatic carboxylic acids is 1. The topological polar surface area (TPSA) is 37.3 Å². The third-order valence-electron chi connectivity index (χ3n) is 1.29. The highest BCUT2D eigenvalue weighted by Gasteiger charge is 2.06. The Morgan fingerprint density at radius 2 is 2.27 bits per heavy atom. The molecule has 0 rings (SSSR count). The molecule has 0 aliphatic rings. The van der Waals surface area contributed by atoms with E-state index in [2.05, 4.69) is 6.58 Å². The van der Waals surface area contributed by atoms with E-state index in [9.17, 15) is 4.79 Å². The minimum atomic E-state index is -1.06. The molecule has 2 nitrogen and oxygen atoms in total. The Hall–Kier alpha value is -0.760. The monoisotopic (exact) mass is 174 g/mol. The van der Waals surface area contributed by atoms with Crippen LogP contribution in [0.5, 0.6) is 0 Å². The third kappa shape index (κ3) is 3.83. The van der Waals surface area contributed by atoms with E-state index < -0.39 is 5.97 Å². The molecule has 3 heteroatoms. The lowest BCUT2D eigenvalue weighted by molar-refractivity contribution is -0.131. The molecule has 0 bridgehead atoms. The first-order valence-electron chi connectivity index (χ1n) is 3.29. The third-order valence-corrected chi connectivity index (χ3v) is 1.77. The van der Waals surface area contributed by atoms with Crippen LogP contribution in [0.15, 0.2) is 23.3 Å². The zero-order chi connectivity index (χ0) is 8.85. The van der Waals surface area contributed by atoms with Gasteiger partial charge in [0, 0.05) is 0 Å². The quantitative estimate of drug-likeness (QED) is 0.526. The highest BCUT2D eigenvalue weighted by molar-refractivity contribution is 6.41. The van der Waals surface area contributed by atoms with E-state index in [-0.39, 0.29) is 5.03 Å². The summed E-state index contributed by atoms with van der Waals surface area (Å²) in [4.78, 5) is 10.3. The molecular formula is C8H11ClO2. The molecule has 0 amide bonds. The molecule has 1 N–H and O–H groups in total. The predicted molar refractivity (Wildman–Crippen MR) is 45.6 cm³/mol. The second kappa shape index (κ2) is 4.97. The van der Waals surface area contributed by atoms with Gasteiger partial charge in [0.15, 0.2) is 0 Å². The van der Waals surface area contributed by atoms with Crippen LogP contribution < -0.4 is 0 Å². The van der Waals surface area contributed by atoms with E-state index in [1.807, 2.05) is 0 Å². The first-order chi connectivity index (χ1) is 5.09. The van der Waals surface area contributed by atoms with Crippen molar-refractivity contribution in [2.24, 2.45) is 0 Å². The van der Waals surface area contributed by atoms with Gasteiger partial charge in [-0.1, -0.05) is 17.7 Å². The maximum Gasteiger partial charge on any atom is 0.347 e. The Morgan fingerprint density at radius 3 is 2.64 bits per heavy atom. The number of rotatable bonds is 4. The van der Waals surface area contributed by atoms with Gasteiger partial charge in [-0.3, -0.25) is 0 Å². The van der Waals surface area contributed by atoms with Gasteiger partial charge >= 0.3 is 5.97 Å². The van der Waals surface area contributed by atoms with Crippen LogP contribution in [-0.2, 0) is 4.79 Å². The molecule has 0 spiro atoms. The summed E-state index contributed by atoms with van der Waals surface area (Å²) >= 11 is 5.45. The van der Waals surface area contributed by atoms with Crippen LogP contribution in [-0.4, -0.2) is 11.1 Å². The van der Waals surface area contributed by atoms with E-state index in [4.69, 9.17) is 16.7 Å². The van der Waals surface area contributed by atoms with Crippen molar-refractivity contribution in [2.45, 2.75) is 19.8 Å². The maximum atomic E-state index is 10.3. The lowest BCUT2D eigenvalue weighted by atomic mass is 10.1. The van der Waals surface area contributed by atoms with Gasteiger partial charge in [-0.15, -0.1) is 6.58 Å². The lowest BCUT2D eigenvalue weighted by Crippen LogP contribution is -1.96. The number of hydrogen-bond acceptors (Lipinski definition) is 1. The molecule has 0 heterocycles. The van der Waals surface area contributed by atoms with Crippen molar-refractivity contribution in [2.75, 3.05) is 0 Å². The number of halogens is 1. The molecule has 62 valence electrons. The van der Waals surface area contributed by atoms with Crippen molar-refractivity contribution in [3.8, 4) is 0 Å². The van der Waals surface area contributed by atoms with Crippen LogP contribution in [0.3, 0.4) is 0 Å². The molecule has 0 saturated carbocycles. The molecule has 0 aliphatic carbocycles. The Morgan fingerprint density at radius 1 is 1.73 bits per heavy atom. The molecule has 0 saturated heterocycles. The molecule has 11 heavy (non-hydrogen) atoms. The zero-order valence-corrected chi connectivity index (χ0v) is 7.19. The molecule has 0 radical (unpaired) electrons. The number of hydrogen-bond donors (Lipinski definition) is 1. The largest absolute Gasteiger partial charge is 0.477 e. The van der Waals surface area contributed by atoms with Gasteiger partial charge < -0.3 is 5.11 Å². The Kier molecular flexibility index (Phi) is 4.62. The van der Waals surface area contributed by atoms with Gasteiger partial charge in [-0.2, -0.15) is 0 Å². The molecule has 0 atom stereocenters. The predicted octanol–water partition coefficient (Wildman–Crippen LogP) is 2.55. The first-order valence-corrected chi connectivity index (χ1v) is 3.66. The van der Waals surface area contributed by atoms with Crippen LogP contribution in [0.1, 0.15) is 19.8 Å². The summed E-state index contributed by atoms with van der Waals surface area (Å²) in [5.74, 6) is -1.06. The fraction of sp³-hybridized carbons (Fsp3) is 0.375. The summed E-state index contributed by atoms with van der Waals surface area (Å²) in [6, 6.07) is 0. The maximum absolute atomic E-state index is 10.3. The fourth-order valence-electron chi connectivity index (χ4n) is 0.611. The normalized spacial score (nSPS) is 12.2. The Balaban J connectivity index is 4.15. The van der Waals surface area contributed by atoms with Gasteiger partial charge in [0.05, 0.1) is 0 Å². The van der Waals surface area contributed by atoms with Gasteiger partial charge in [-0.25, -0.2) is 4.79 Å². The smallest absolute Gasteiger partial charge is 0.347 e. The number of carbonyl (C=O) groups is 1. The van der Waals surface area contributed by atoms with E-state index in [0.29, 0.717) is 12.0 Å². The molecule has 0 aromatic heterocycles. The van der Waals surface area contributed by atoms with Crippen molar-refractivity contribution in [3.05, 3.63) is 23.3 Å². The second-order valence-corrected chi connectivity index (χ2v) is 2.60. The first kappa shape index (κ1) is 10.2. The van der Waals surface area contributed by atoms with Crippen LogP contribution in [0.4, 0.5) is 0 Å². The molecule has 0 aromatic carbocycles. The van der Waals surface area contributed by atoms with Gasteiger partial charge in [0.2, 0.25) is 0 Å². The van der Waals surface area contributed by atoms with Crippen LogP contribution >= 0.6 is 11.6 Å². The summed E-state index contributed by atoms with van der Waals surface area (Å²) in [6.45, 7) is 5.23. The molecule has 0 aliphatic heterocycles. The SMILES string of the molecule is C=CCC/C(C)=C(/Cl)C(=O)O. The highest BCUT2D eigenvalue weighted by Crippen LogP contribution is 2.14. The van der Waals surface area contributed by atoms with Crippen molar-refractivity contribution < 1.29 is 9.90 Å². The minimum Gasteiger partial charge on any atom is -0.477 e. The van der Waals surface area contributed by atoms with E-state index >= 15 is 0 Å². The molecule has 0 fully saturated rings. The minimum absolute atomic E-state index is 0.0770. The van der Waals surface area contributed by atoms with Gasteiger partial charge in [0.1, 0.15) is 5.03 Å². The van der Waals surface area contributed by atoms with Crippen molar-refractivity contribution in [3.63, 3.8) is 0 Å². The summed E-state index contributed by atoms with van der Waals surface area (Å²) in [5.41, 5.74) is 0.694. The Labute approximate surface area is 71.2 Å². The number of carboxylic acids is 1. The summed E-state index contributed by atoms with van der Waals surface area (Å²) in [6.07, 6.45) is 3.15. The lowest BCUT2D eigenvalue weighted by Gasteiger charge is -1.98. The van der Waals surface area contributed by atoms with Gasteiger partial charge in [0.25, 0.3) is 0 Å². The number of allylic oxidation sites excluding steroid dienone is 2. The van der Waals surface area contributed by atoms with Gasteiger partial charge in [-0.05, 0) is 25.3 Å². The van der Waals surface area contributed by atoms with Crippen LogP contribution in [0.2, 0.25) is 0 Å². The Bertz CT molecular complexity index is 194. The number of carboxylic acid groups (broad SMARTS) is 1. The van der Waals surface area contributed by atoms with Crippen molar-refractivity contribution in [1.82, 2.24) is 0 Å². The summed E-state index contributed by atoms with van der Waals surface area (Å²) in [5, 5.41) is 8.36. The van der Waals surface area contributed by atoms with Crippen LogP contribution in [0.25, 0.3) is 0 Å². The van der Waals surface area contributed by atoms with E-state index in [1.54, 1.807) is 13.0 Å². The molecule has 0 aromatic rings. The average molecular weight is 175 g/mol. The molecule has 0 unspecified atom stereocenters. The van der Waals surface area contributed by atoms with Crippen molar-refractivity contribution in [1.29, 1.82) is 0 Å². The van der Waals surface area contributed by atoms with Crippen molar-refractivity contribution >= 4 is 17.6 Å². The van der Waals surface area contributed by atoms with Crippen LogP contribution in [0, 0.1) is 0 Å². The second-order valence-electron chi connectivity index (χ2n) is 2.23. The van der Waals surface area contributed by atoms with E-state index in [1.165, 1.54) is 0 Å². The zero-order valence-electron chi connectivity index (χ0n) is 6.43. The average Bonchev–Trinajstić information content (AvgIpc) is 1.98. The molecular weight excluding hydrogens is 164 g/mol.